The molecule has 3 aliphatic rings. The molecule has 2 bridgehead atoms. The first-order valence-corrected chi connectivity index (χ1v) is 3.84. The lowest BCUT2D eigenvalue weighted by molar-refractivity contribution is -0.154. The predicted octanol–water partition coefficient (Wildman–Crippen LogP) is 0.771. The molecule has 0 amide bonds. The summed E-state index contributed by atoms with van der Waals surface area (Å²) in [7, 11) is 0. The second-order valence-corrected chi connectivity index (χ2v) is 3.65. The van der Waals surface area contributed by atoms with Crippen LogP contribution >= 0.6 is 0 Å². The van der Waals surface area contributed by atoms with Crippen LogP contribution in [0.3, 0.4) is 0 Å². The van der Waals surface area contributed by atoms with Gasteiger partial charge in [0.15, 0.2) is 0 Å². The molecule has 1 saturated carbocycles. The summed E-state index contributed by atoms with van der Waals surface area (Å²) < 4.78 is 13.4. The molecule has 0 spiro atoms. The SMILES string of the molecule is C=CN1CC2(F)CC1(C(=O)O)C2. The zero-order chi connectivity index (χ0) is 8.98. The van der Waals surface area contributed by atoms with Crippen molar-refractivity contribution in [1.29, 1.82) is 0 Å². The number of aliphatic carboxylic acids is 1. The zero-order valence-electron chi connectivity index (χ0n) is 6.59. The summed E-state index contributed by atoms with van der Waals surface area (Å²) in [5.74, 6) is -0.937. The summed E-state index contributed by atoms with van der Waals surface area (Å²) in [6.07, 6.45) is 1.64. The van der Waals surface area contributed by atoms with Crippen LogP contribution in [0.5, 0.6) is 0 Å². The molecular formula is C8H10FNO2. The molecule has 3 fully saturated rings. The van der Waals surface area contributed by atoms with Crippen molar-refractivity contribution >= 4 is 5.97 Å². The molecule has 12 heavy (non-hydrogen) atoms. The lowest BCUT2D eigenvalue weighted by Gasteiger charge is -2.39. The van der Waals surface area contributed by atoms with Gasteiger partial charge in [-0.25, -0.2) is 9.18 Å². The minimum absolute atomic E-state index is 0.112. The van der Waals surface area contributed by atoms with Gasteiger partial charge in [0.25, 0.3) is 0 Å². The highest BCUT2D eigenvalue weighted by molar-refractivity contribution is 5.82. The third kappa shape index (κ3) is 0.629. The number of fused-ring (bicyclic) bond motifs is 1. The van der Waals surface area contributed by atoms with Gasteiger partial charge in [-0.2, -0.15) is 0 Å². The summed E-state index contributed by atoms with van der Waals surface area (Å²) in [5.41, 5.74) is -2.25. The molecule has 0 radical (unpaired) electrons. The number of carboxylic acids is 1. The van der Waals surface area contributed by atoms with Crippen LogP contribution in [-0.2, 0) is 4.79 Å². The fourth-order valence-corrected chi connectivity index (χ4v) is 2.28. The molecule has 3 rings (SSSR count). The fourth-order valence-electron chi connectivity index (χ4n) is 2.28. The molecule has 2 saturated heterocycles. The Balaban J connectivity index is 2.30. The smallest absolute Gasteiger partial charge is 0.329 e. The molecule has 2 heterocycles. The maximum absolute atomic E-state index is 13.4. The zero-order valence-corrected chi connectivity index (χ0v) is 6.59. The van der Waals surface area contributed by atoms with Gasteiger partial charge in [-0.3, -0.25) is 0 Å². The molecule has 0 aromatic rings. The Kier molecular flexibility index (Phi) is 1.14. The number of carboxylic acid groups (broad SMARTS) is 1. The maximum atomic E-state index is 13.4. The van der Waals surface area contributed by atoms with E-state index in [4.69, 9.17) is 5.11 Å². The van der Waals surface area contributed by atoms with E-state index >= 15 is 0 Å². The molecule has 4 heteroatoms. The number of alkyl halides is 1. The molecule has 0 aromatic heterocycles. The maximum Gasteiger partial charge on any atom is 0.329 e. The summed E-state index contributed by atoms with van der Waals surface area (Å²) >= 11 is 0. The summed E-state index contributed by atoms with van der Waals surface area (Å²) in [4.78, 5) is 12.3. The highest BCUT2D eigenvalue weighted by Crippen LogP contribution is 2.55. The van der Waals surface area contributed by atoms with E-state index in [1.165, 1.54) is 11.1 Å². The number of hydrogen-bond acceptors (Lipinski definition) is 2. The Bertz CT molecular complexity index is 258. The van der Waals surface area contributed by atoms with Crippen LogP contribution in [0.1, 0.15) is 12.8 Å². The van der Waals surface area contributed by atoms with E-state index in [-0.39, 0.29) is 19.4 Å². The van der Waals surface area contributed by atoms with Gasteiger partial charge in [0.2, 0.25) is 0 Å². The van der Waals surface area contributed by atoms with Gasteiger partial charge < -0.3 is 10.0 Å². The Labute approximate surface area is 69.5 Å². The first-order chi connectivity index (χ1) is 5.52. The van der Waals surface area contributed by atoms with E-state index in [1.807, 2.05) is 0 Å². The van der Waals surface area contributed by atoms with E-state index < -0.39 is 17.2 Å². The Morgan fingerprint density at radius 1 is 1.67 bits per heavy atom. The van der Waals surface area contributed by atoms with Crippen molar-refractivity contribution in [2.45, 2.75) is 24.0 Å². The highest BCUT2D eigenvalue weighted by Gasteiger charge is 2.69. The molecule has 66 valence electrons. The van der Waals surface area contributed by atoms with Gasteiger partial charge in [0, 0.05) is 12.8 Å². The second-order valence-electron chi connectivity index (χ2n) is 3.65. The summed E-state index contributed by atoms with van der Waals surface area (Å²) in [5, 5.41) is 8.87. The van der Waals surface area contributed by atoms with Gasteiger partial charge in [-0.15, -0.1) is 0 Å². The van der Waals surface area contributed by atoms with Crippen molar-refractivity contribution in [3.8, 4) is 0 Å². The molecule has 0 aromatic carbocycles. The largest absolute Gasteiger partial charge is 0.479 e. The van der Waals surface area contributed by atoms with Crippen molar-refractivity contribution < 1.29 is 14.3 Å². The Morgan fingerprint density at radius 3 is 2.58 bits per heavy atom. The van der Waals surface area contributed by atoms with Crippen molar-refractivity contribution in [2.75, 3.05) is 6.54 Å². The first kappa shape index (κ1) is 7.58. The third-order valence-corrected chi connectivity index (χ3v) is 2.84. The molecule has 1 aliphatic carbocycles. The van der Waals surface area contributed by atoms with E-state index in [0.29, 0.717) is 0 Å². The molecule has 0 atom stereocenters. The van der Waals surface area contributed by atoms with Crippen LogP contribution in [0.2, 0.25) is 0 Å². The van der Waals surface area contributed by atoms with Gasteiger partial charge in [0.05, 0.1) is 6.54 Å². The normalized spacial score (nSPS) is 43.9. The van der Waals surface area contributed by atoms with Crippen molar-refractivity contribution in [3.05, 3.63) is 12.8 Å². The third-order valence-electron chi connectivity index (χ3n) is 2.84. The number of nitrogens with zero attached hydrogens (tertiary/aromatic N) is 1. The number of hydrogen-bond donors (Lipinski definition) is 1. The minimum Gasteiger partial charge on any atom is -0.479 e. The summed E-state index contributed by atoms with van der Waals surface area (Å²) in [6, 6.07) is 0. The average Bonchev–Trinajstić information content (AvgIpc) is 2.36. The van der Waals surface area contributed by atoms with Crippen LogP contribution in [0.4, 0.5) is 4.39 Å². The van der Waals surface area contributed by atoms with Crippen molar-refractivity contribution in [1.82, 2.24) is 4.90 Å². The monoisotopic (exact) mass is 171 g/mol. The molecule has 3 nitrogen and oxygen atoms in total. The average molecular weight is 171 g/mol. The Hall–Kier alpha value is -1.06. The summed E-state index contributed by atoms with van der Waals surface area (Å²) in [6.45, 7) is 3.66. The van der Waals surface area contributed by atoms with E-state index in [9.17, 15) is 9.18 Å². The lowest BCUT2D eigenvalue weighted by atomic mass is 9.71. The van der Waals surface area contributed by atoms with Crippen LogP contribution in [0.15, 0.2) is 12.8 Å². The van der Waals surface area contributed by atoms with E-state index in [1.54, 1.807) is 0 Å². The molecule has 0 unspecified atom stereocenters. The lowest BCUT2D eigenvalue weighted by Crippen LogP contribution is -2.55. The molecule has 2 aliphatic heterocycles. The van der Waals surface area contributed by atoms with Crippen LogP contribution in [-0.4, -0.2) is 33.7 Å². The van der Waals surface area contributed by atoms with Crippen LogP contribution in [0, 0.1) is 0 Å². The second kappa shape index (κ2) is 1.81. The first-order valence-electron chi connectivity index (χ1n) is 3.84. The Morgan fingerprint density at radius 2 is 2.25 bits per heavy atom. The topological polar surface area (TPSA) is 40.5 Å². The standard InChI is InChI=1S/C8H10FNO2/c1-2-10-5-7(9)3-8(10,4-7)6(11)12/h2H,1,3-5H2,(H,11,12). The fraction of sp³-hybridized carbons (Fsp3) is 0.625. The van der Waals surface area contributed by atoms with Crippen LogP contribution in [0.25, 0.3) is 0 Å². The number of carbonyl (C=O) groups is 1. The van der Waals surface area contributed by atoms with Crippen molar-refractivity contribution in [2.24, 2.45) is 0 Å². The van der Waals surface area contributed by atoms with E-state index in [0.717, 1.165) is 0 Å². The molecule has 1 N–H and O–H groups in total. The number of rotatable bonds is 2. The minimum atomic E-state index is -1.27. The van der Waals surface area contributed by atoms with Gasteiger partial charge in [-0.1, -0.05) is 6.58 Å². The van der Waals surface area contributed by atoms with E-state index in [2.05, 4.69) is 6.58 Å². The van der Waals surface area contributed by atoms with Crippen LogP contribution < -0.4 is 0 Å². The number of halogens is 1. The highest BCUT2D eigenvalue weighted by atomic mass is 19.1. The van der Waals surface area contributed by atoms with Crippen molar-refractivity contribution in [3.63, 3.8) is 0 Å². The van der Waals surface area contributed by atoms with Gasteiger partial charge in [-0.05, 0) is 6.20 Å². The quantitative estimate of drug-likeness (QED) is 0.667. The molecular weight excluding hydrogens is 161 g/mol. The van der Waals surface area contributed by atoms with Gasteiger partial charge in [0.1, 0.15) is 11.2 Å². The van der Waals surface area contributed by atoms with Gasteiger partial charge >= 0.3 is 5.97 Å². The predicted molar refractivity (Wildman–Crippen MR) is 40.3 cm³/mol.